The highest BCUT2D eigenvalue weighted by Gasteiger charge is 2.18. The molecule has 0 saturated carbocycles. The molecule has 0 aliphatic carbocycles. The Morgan fingerprint density at radius 3 is 2.27 bits per heavy atom. The van der Waals surface area contributed by atoms with Crippen LogP contribution in [0.1, 0.15) is 19.8 Å². The van der Waals surface area contributed by atoms with Crippen molar-refractivity contribution in [2.75, 3.05) is 0 Å². The highest BCUT2D eigenvalue weighted by Crippen LogP contribution is 2.29. The number of alkyl halides is 3. The number of halogens is 3. The van der Waals surface area contributed by atoms with Crippen LogP contribution >= 0.6 is 57.3 Å². The van der Waals surface area contributed by atoms with Gasteiger partial charge < -0.3 is 0 Å². The molecule has 3 unspecified atom stereocenters. The molecule has 0 saturated heterocycles. The van der Waals surface area contributed by atoms with Crippen molar-refractivity contribution in [3.8, 4) is 0 Å². The van der Waals surface area contributed by atoms with Crippen LogP contribution < -0.4 is 0 Å². The van der Waals surface area contributed by atoms with Gasteiger partial charge in [-0.25, -0.2) is 0 Å². The zero-order valence-electron chi connectivity index (χ0n) is 6.14. The van der Waals surface area contributed by atoms with Gasteiger partial charge in [0.15, 0.2) is 0 Å². The molecule has 0 radical (unpaired) electrons. The molecular formula is C6H11Cl3S2. The second-order valence-electron chi connectivity index (χ2n) is 2.21. The van der Waals surface area contributed by atoms with Gasteiger partial charge >= 0.3 is 0 Å². The molecule has 11 heavy (non-hydrogen) atoms. The van der Waals surface area contributed by atoms with E-state index in [4.69, 9.17) is 34.8 Å². The molecule has 0 aromatic carbocycles. The maximum atomic E-state index is 5.92. The lowest BCUT2D eigenvalue weighted by Crippen LogP contribution is -2.15. The van der Waals surface area contributed by atoms with Gasteiger partial charge in [0.1, 0.15) is 4.71 Å². The third-order valence-electron chi connectivity index (χ3n) is 1.31. The van der Waals surface area contributed by atoms with E-state index in [1.807, 2.05) is 6.92 Å². The maximum absolute atomic E-state index is 5.92. The minimum atomic E-state index is -0.159. The van der Waals surface area contributed by atoms with Gasteiger partial charge in [-0.3, -0.25) is 0 Å². The van der Waals surface area contributed by atoms with Gasteiger partial charge in [-0.15, -0.1) is 46.5 Å². The molecule has 0 heterocycles. The van der Waals surface area contributed by atoms with E-state index in [9.17, 15) is 0 Å². The van der Waals surface area contributed by atoms with Crippen LogP contribution in [0.5, 0.6) is 0 Å². The molecule has 3 atom stereocenters. The molecule has 5 heteroatoms. The third kappa shape index (κ3) is 5.75. The molecule has 0 spiro atoms. The first kappa shape index (κ1) is 12.6. The van der Waals surface area contributed by atoms with E-state index < -0.39 is 0 Å². The Bertz CT molecular complexity index is 102. The van der Waals surface area contributed by atoms with Crippen molar-refractivity contribution in [3.05, 3.63) is 0 Å². The Morgan fingerprint density at radius 2 is 1.91 bits per heavy atom. The van der Waals surface area contributed by atoms with Gasteiger partial charge in [0.25, 0.3) is 0 Å². The van der Waals surface area contributed by atoms with Crippen LogP contribution in [0.25, 0.3) is 0 Å². The van der Waals surface area contributed by atoms with Crippen molar-refractivity contribution in [2.45, 2.75) is 35.2 Å². The molecular weight excluding hydrogens is 243 g/mol. The lowest BCUT2D eigenvalue weighted by molar-refractivity contribution is 0.710. The first-order valence-electron chi connectivity index (χ1n) is 3.34. The van der Waals surface area contributed by atoms with E-state index in [0.717, 1.165) is 12.8 Å². The average molecular weight is 254 g/mol. The Balaban J connectivity index is 3.58. The lowest BCUT2D eigenvalue weighted by Gasteiger charge is -2.15. The Kier molecular flexibility index (Phi) is 8.02. The van der Waals surface area contributed by atoms with Crippen molar-refractivity contribution in [1.82, 2.24) is 0 Å². The Morgan fingerprint density at radius 1 is 1.36 bits per heavy atom. The smallest absolute Gasteiger partial charge is 0.105 e. The standard InChI is InChI=1S/C6H11Cl3S2/c1-2-4(7)3-5(8)6(9)11-10/h4-6,10H,2-3H2,1H3. The van der Waals surface area contributed by atoms with E-state index in [1.54, 1.807) is 0 Å². The van der Waals surface area contributed by atoms with Crippen LogP contribution in [0, 0.1) is 0 Å². The fraction of sp³-hybridized carbons (Fsp3) is 1.00. The number of thiol groups is 1. The summed E-state index contributed by atoms with van der Waals surface area (Å²) in [6, 6.07) is 0. The summed E-state index contributed by atoms with van der Waals surface area (Å²) in [5, 5.41) is 0.0286. The fourth-order valence-electron chi connectivity index (χ4n) is 0.584. The topological polar surface area (TPSA) is 0 Å². The van der Waals surface area contributed by atoms with Gasteiger partial charge in [0.2, 0.25) is 0 Å². The zero-order valence-corrected chi connectivity index (χ0v) is 10.1. The summed E-state index contributed by atoms with van der Waals surface area (Å²) in [7, 11) is 1.25. The van der Waals surface area contributed by atoms with E-state index in [-0.39, 0.29) is 15.5 Å². The summed E-state index contributed by atoms with van der Waals surface area (Å²) >= 11 is 21.6. The number of hydrogen-bond acceptors (Lipinski definition) is 2. The van der Waals surface area contributed by atoms with Gasteiger partial charge in [0.05, 0.1) is 5.38 Å². The Labute approximate surface area is 92.2 Å². The SMILES string of the molecule is CCC(Cl)CC(Cl)C(Cl)SS. The molecule has 0 fully saturated rings. The quantitative estimate of drug-likeness (QED) is 0.436. The summed E-state index contributed by atoms with van der Waals surface area (Å²) < 4.78 is -0.159. The van der Waals surface area contributed by atoms with Gasteiger partial charge in [-0.2, -0.15) is 0 Å². The fourth-order valence-corrected chi connectivity index (χ4v) is 2.24. The highest BCUT2D eigenvalue weighted by atomic mass is 35.5. The summed E-state index contributed by atoms with van der Waals surface area (Å²) in [5.74, 6) is 0. The maximum Gasteiger partial charge on any atom is 0.105 e. The second-order valence-corrected chi connectivity index (χ2v) is 5.47. The molecule has 68 valence electrons. The average Bonchev–Trinajstić information content (AvgIpc) is 2.02. The predicted octanol–water partition coefficient (Wildman–Crippen LogP) is 4.14. The number of rotatable bonds is 5. The molecule has 0 aromatic rings. The first-order chi connectivity index (χ1) is 5.11. The van der Waals surface area contributed by atoms with E-state index >= 15 is 0 Å². The molecule has 0 aliphatic heterocycles. The third-order valence-corrected chi connectivity index (χ3v) is 4.66. The van der Waals surface area contributed by atoms with Crippen LogP contribution in [-0.4, -0.2) is 15.5 Å². The monoisotopic (exact) mass is 252 g/mol. The van der Waals surface area contributed by atoms with E-state index in [1.165, 1.54) is 10.8 Å². The van der Waals surface area contributed by atoms with E-state index in [0.29, 0.717) is 0 Å². The normalized spacial score (nSPS) is 19.4. The number of hydrogen-bond donors (Lipinski definition) is 1. The van der Waals surface area contributed by atoms with Crippen molar-refractivity contribution in [3.63, 3.8) is 0 Å². The predicted molar refractivity (Wildman–Crippen MR) is 60.4 cm³/mol. The minimum Gasteiger partial charge on any atom is -0.123 e. The first-order valence-corrected chi connectivity index (χ1v) is 6.58. The molecule has 0 rings (SSSR count). The van der Waals surface area contributed by atoms with Crippen molar-refractivity contribution >= 4 is 57.3 Å². The molecule has 0 aliphatic rings. The van der Waals surface area contributed by atoms with Gasteiger partial charge in [0, 0.05) is 5.38 Å². The minimum absolute atomic E-state index is 0.0957. The zero-order chi connectivity index (χ0) is 8.85. The molecule has 0 N–H and O–H groups in total. The van der Waals surface area contributed by atoms with Crippen molar-refractivity contribution in [2.24, 2.45) is 0 Å². The largest absolute Gasteiger partial charge is 0.123 e. The lowest BCUT2D eigenvalue weighted by atomic mass is 10.2. The van der Waals surface area contributed by atoms with Crippen LogP contribution in [-0.2, 0) is 0 Å². The summed E-state index contributed by atoms with van der Waals surface area (Å²) in [6.45, 7) is 2.03. The van der Waals surface area contributed by atoms with E-state index in [2.05, 4.69) is 11.7 Å². The van der Waals surface area contributed by atoms with Crippen LogP contribution in [0.3, 0.4) is 0 Å². The van der Waals surface area contributed by atoms with Gasteiger partial charge in [-0.05, 0) is 12.8 Å². The van der Waals surface area contributed by atoms with Crippen LogP contribution in [0.15, 0.2) is 0 Å². The van der Waals surface area contributed by atoms with Crippen molar-refractivity contribution in [1.29, 1.82) is 0 Å². The second kappa shape index (κ2) is 7.02. The molecule has 0 aromatic heterocycles. The van der Waals surface area contributed by atoms with Crippen LogP contribution in [0.2, 0.25) is 0 Å². The summed E-state index contributed by atoms with van der Waals surface area (Å²) in [6.07, 6.45) is 1.66. The molecule has 0 amide bonds. The van der Waals surface area contributed by atoms with Gasteiger partial charge in [-0.1, -0.05) is 17.7 Å². The van der Waals surface area contributed by atoms with Crippen LogP contribution in [0.4, 0.5) is 0 Å². The highest BCUT2D eigenvalue weighted by molar-refractivity contribution is 8.69. The molecule has 0 nitrogen and oxygen atoms in total. The van der Waals surface area contributed by atoms with Crippen molar-refractivity contribution < 1.29 is 0 Å². The molecule has 0 bridgehead atoms. The Hall–Kier alpha value is 1.57. The summed E-state index contributed by atoms with van der Waals surface area (Å²) in [4.78, 5) is 0. The summed E-state index contributed by atoms with van der Waals surface area (Å²) in [5.41, 5.74) is 0.